The lowest BCUT2D eigenvalue weighted by Gasteiger charge is -2.24. The zero-order chi connectivity index (χ0) is 12.7. The number of carbonyl (C=O) groups excluding carboxylic acids is 1. The Bertz CT molecular complexity index is 231. The Morgan fingerprint density at radius 1 is 1.53 bits per heavy atom. The third-order valence-electron chi connectivity index (χ3n) is 3.27. The molecule has 0 aromatic carbocycles. The summed E-state index contributed by atoms with van der Waals surface area (Å²) in [4.78, 5) is 14.0. The van der Waals surface area contributed by atoms with Crippen LogP contribution in [0, 0.1) is 0 Å². The van der Waals surface area contributed by atoms with Crippen LogP contribution in [0.1, 0.15) is 46.0 Å². The van der Waals surface area contributed by atoms with Crippen LogP contribution in [-0.2, 0) is 4.79 Å². The van der Waals surface area contributed by atoms with E-state index < -0.39 is 0 Å². The van der Waals surface area contributed by atoms with Gasteiger partial charge in [-0.2, -0.15) is 0 Å². The lowest BCUT2D eigenvalue weighted by Crippen LogP contribution is -2.36. The first-order chi connectivity index (χ1) is 8.13. The molecule has 100 valence electrons. The molecule has 0 spiro atoms. The zero-order valence-electron chi connectivity index (χ0n) is 11.1. The normalized spacial score (nSPS) is 21.1. The predicted molar refractivity (Wildman–Crippen MR) is 68.8 cm³/mol. The summed E-state index contributed by atoms with van der Waals surface area (Å²) in [7, 11) is 0. The van der Waals surface area contributed by atoms with Crippen LogP contribution < -0.4 is 5.32 Å². The van der Waals surface area contributed by atoms with Crippen LogP contribution in [0.4, 0.5) is 0 Å². The van der Waals surface area contributed by atoms with E-state index in [0.717, 1.165) is 25.9 Å². The van der Waals surface area contributed by atoms with Gasteiger partial charge < -0.3 is 10.4 Å². The van der Waals surface area contributed by atoms with Gasteiger partial charge in [0.2, 0.25) is 5.91 Å². The number of aliphatic hydroxyl groups is 1. The number of hydrogen-bond acceptors (Lipinski definition) is 3. The molecule has 1 rings (SSSR count). The molecule has 4 heteroatoms. The second-order valence-electron chi connectivity index (χ2n) is 5.17. The predicted octanol–water partition coefficient (Wildman–Crippen LogP) is 1.14. The van der Waals surface area contributed by atoms with Gasteiger partial charge in [-0.25, -0.2) is 0 Å². The van der Waals surface area contributed by atoms with E-state index in [4.69, 9.17) is 5.11 Å². The fraction of sp³-hybridized carbons (Fsp3) is 0.923. The van der Waals surface area contributed by atoms with Crippen molar-refractivity contribution < 1.29 is 9.90 Å². The quantitative estimate of drug-likeness (QED) is 0.704. The standard InChI is InChI=1S/C13H26N2O2/c1-11(2)14-13(17)7-9-15-8-3-5-12(15)6-4-10-16/h11-12,16H,3-10H2,1-2H3,(H,14,17). The van der Waals surface area contributed by atoms with Crippen molar-refractivity contribution in [2.75, 3.05) is 19.7 Å². The van der Waals surface area contributed by atoms with Crippen LogP contribution in [0.15, 0.2) is 0 Å². The topological polar surface area (TPSA) is 52.6 Å². The van der Waals surface area contributed by atoms with Crippen LogP contribution >= 0.6 is 0 Å². The smallest absolute Gasteiger partial charge is 0.221 e. The van der Waals surface area contributed by atoms with E-state index in [0.29, 0.717) is 12.5 Å². The molecule has 1 heterocycles. The van der Waals surface area contributed by atoms with Crippen molar-refractivity contribution in [3.05, 3.63) is 0 Å². The number of carbonyl (C=O) groups is 1. The SMILES string of the molecule is CC(C)NC(=O)CCN1CCCC1CCCO. The van der Waals surface area contributed by atoms with Crippen molar-refractivity contribution in [1.82, 2.24) is 10.2 Å². The van der Waals surface area contributed by atoms with E-state index in [1.807, 2.05) is 13.8 Å². The Kier molecular flexibility index (Phi) is 6.52. The summed E-state index contributed by atoms with van der Waals surface area (Å²) in [5, 5.41) is 11.8. The zero-order valence-corrected chi connectivity index (χ0v) is 11.1. The van der Waals surface area contributed by atoms with E-state index >= 15 is 0 Å². The van der Waals surface area contributed by atoms with Gasteiger partial charge in [0.1, 0.15) is 0 Å². The average molecular weight is 242 g/mol. The number of likely N-dealkylation sites (tertiary alicyclic amines) is 1. The van der Waals surface area contributed by atoms with Crippen LogP contribution in [-0.4, -0.2) is 47.7 Å². The molecular weight excluding hydrogens is 216 g/mol. The molecule has 4 nitrogen and oxygen atoms in total. The molecule has 0 aliphatic carbocycles. The number of nitrogens with one attached hydrogen (secondary N) is 1. The number of nitrogens with zero attached hydrogens (tertiary/aromatic N) is 1. The van der Waals surface area contributed by atoms with Crippen molar-refractivity contribution >= 4 is 5.91 Å². The maximum atomic E-state index is 11.6. The molecule has 2 N–H and O–H groups in total. The Hall–Kier alpha value is -0.610. The summed E-state index contributed by atoms with van der Waals surface area (Å²) in [5.74, 6) is 0.146. The molecule has 0 radical (unpaired) electrons. The third kappa shape index (κ3) is 5.50. The van der Waals surface area contributed by atoms with Crippen molar-refractivity contribution in [2.24, 2.45) is 0 Å². The Morgan fingerprint density at radius 3 is 2.94 bits per heavy atom. The summed E-state index contributed by atoms with van der Waals surface area (Å²) >= 11 is 0. The van der Waals surface area contributed by atoms with Gasteiger partial charge in [0.15, 0.2) is 0 Å². The second kappa shape index (κ2) is 7.67. The first-order valence-electron chi connectivity index (χ1n) is 6.77. The summed E-state index contributed by atoms with van der Waals surface area (Å²) in [6.07, 6.45) is 4.96. The molecule has 0 bridgehead atoms. The fourth-order valence-corrected chi connectivity index (χ4v) is 2.48. The highest BCUT2D eigenvalue weighted by Crippen LogP contribution is 2.21. The average Bonchev–Trinajstić information content (AvgIpc) is 2.70. The summed E-state index contributed by atoms with van der Waals surface area (Å²) in [6.45, 7) is 6.20. The van der Waals surface area contributed by atoms with Gasteiger partial charge in [-0.3, -0.25) is 9.69 Å². The van der Waals surface area contributed by atoms with Gasteiger partial charge in [-0.15, -0.1) is 0 Å². The van der Waals surface area contributed by atoms with Crippen LogP contribution in [0.3, 0.4) is 0 Å². The summed E-state index contributed by atoms with van der Waals surface area (Å²) in [6, 6.07) is 0.806. The lowest BCUT2D eigenvalue weighted by atomic mass is 10.1. The Balaban J connectivity index is 2.23. The van der Waals surface area contributed by atoms with Gasteiger partial charge in [0.05, 0.1) is 0 Å². The first-order valence-corrected chi connectivity index (χ1v) is 6.77. The van der Waals surface area contributed by atoms with E-state index in [9.17, 15) is 4.79 Å². The number of hydrogen-bond donors (Lipinski definition) is 2. The lowest BCUT2D eigenvalue weighted by molar-refractivity contribution is -0.121. The molecule has 1 atom stereocenters. The van der Waals surface area contributed by atoms with Gasteiger partial charge >= 0.3 is 0 Å². The minimum atomic E-state index is 0.146. The van der Waals surface area contributed by atoms with E-state index in [-0.39, 0.29) is 18.6 Å². The molecule has 17 heavy (non-hydrogen) atoms. The van der Waals surface area contributed by atoms with E-state index in [2.05, 4.69) is 10.2 Å². The maximum absolute atomic E-state index is 11.6. The molecule has 0 aromatic rings. The minimum absolute atomic E-state index is 0.146. The van der Waals surface area contributed by atoms with E-state index in [1.165, 1.54) is 12.8 Å². The second-order valence-corrected chi connectivity index (χ2v) is 5.17. The van der Waals surface area contributed by atoms with E-state index in [1.54, 1.807) is 0 Å². The molecule has 0 saturated carbocycles. The number of rotatable bonds is 7. The van der Waals surface area contributed by atoms with Crippen molar-refractivity contribution in [1.29, 1.82) is 0 Å². The Morgan fingerprint density at radius 2 is 2.29 bits per heavy atom. The summed E-state index contributed by atoms with van der Waals surface area (Å²) in [5.41, 5.74) is 0. The van der Waals surface area contributed by atoms with Gasteiger partial charge in [0.25, 0.3) is 0 Å². The molecule has 1 fully saturated rings. The third-order valence-corrected chi connectivity index (χ3v) is 3.27. The molecule has 1 amide bonds. The number of aliphatic hydroxyl groups excluding tert-OH is 1. The highest BCUT2D eigenvalue weighted by atomic mass is 16.2. The molecule has 1 unspecified atom stereocenters. The molecule has 0 aromatic heterocycles. The molecule has 1 saturated heterocycles. The fourth-order valence-electron chi connectivity index (χ4n) is 2.48. The highest BCUT2D eigenvalue weighted by molar-refractivity contribution is 5.76. The highest BCUT2D eigenvalue weighted by Gasteiger charge is 2.23. The maximum Gasteiger partial charge on any atom is 0.221 e. The van der Waals surface area contributed by atoms with Gasteiger partial charge in [-0.05, 0) is 46.1 Å². The van der Waals surface area contributed by atoms with Gasteiger partial charge in [-0.1, -0.05) is 0 Å². The molecule has 1 aliphatic heterocycles. The number of amides is 1. The van der Waals surface area contributed by atoms with Crippen LogP contribution in [0.5, 0.6) is 0 Å². The largest absolute Gasteiger partial charge is 0.396 e. The van der Waals surface area contributed by atoms with Crippen LogP contribution in [0.2, 0.25) is 0 Å². The van der Waals surface area contributed by atoms with Crippen molar-refractivity contribution in [2.45, 2.75) is 58.0 Å². The molecular formula is C13H26N2O2. The monoisotopic (exact) mass is 242 g/mol. The first kappa shape index (κ1) is 14.5. The van der Waals surface area contributed by atoms with Crippen LogP contribution in [0.25, 0.3) is 0 Å². The summed E-state index contributed by atoms with van der Waals surface area (Å²) < 4.78 is 0. The molecule has 1 aliphatic rings. The minimum Gasteiger partial charge on any atom is -0.396 e. The van der Waals surface area contributed by atoms with Gasteiger partial charge in [0, 0.05) is 31.7 Å². The van der Waals surface area contributed by atoms with Crippen molar-refractivity contribution in [3.8, 4) is 0 Å². The Labute approximate surface area is 104 Å². The van der Waals surface area contributed by atoms with Crippen molar-refractivity contribution in [3.63, 3.8) is 0 Å².